The number of ether oxygens (including phenoxy) is 1. The van der Waals surface area contributed by atoms with E-state index < -0.39 is 23.9 Å². The van der Waals surface area contributed by atoms with E-state index in [-0.39, 0.29) is 0 Å². The fourth-order valence-electron chi connectivity index (χ4n) is 2.95. The van der Waals surface area contributed by atoms with Gasteiger partial charge in [0.05, 0.1) is 21.8 Å². The molecule has 8 heteroatoms. The molecule has 1 N–H and O–H groups in total. The number of fused-ring (bicyclic) bond motifs is 2. The number of hydrogen-bond acceptors (Lipinski definition) is 5. The molecule has 132 valence electrons. The van der Waals surface area contributed by atoms with Crippen LogP contribution in [0.1, 0.15) is 13.3 Å². The zero-order chi connectivity index (χ0) is 18.5. The van der Waals surface area contributed by atoms with E-state index in [1.165, 1.54) is 23.2 Å². The number of carbonyl (C=O) groups is 2. The van der Waals surface area contributed by atoms with Gasteiger partial charge in [-0.05, 0) is 31.2 Å². The Balaban J connectivity index is 1.90. The molecule has 0 aliphatic carbocycles. The maximum absolute atomic E-state index is 13.2. The van der Waals surface area contributed by atoms with Gasteiger partial charge in [0.15, 0.2) is 10.7 Å². The number of para-hydroxylation sites is 3. The van der Waals surface area contributed by atoms with Gasteiger partial charge in [-0.25, -0.2) is 9.88 Å². The predicted octanol–water partition coefficient (Wildman–Crippen LogP) is 4.24. The lowest BCUT2D eigenvalue weighted by molar-refractivity contribution is -0.148. The topological polar surface area (TPSA) is 79.7 Å². The Morgan fingerprint density at radius 1 is 1.31 bits per heavy atom. The molecule has 26 heavy (non-hydrogen) atoms. The van der Waals surface area contributed by atoms with Crippen molar-refractivity contribution in [1.29, 1.82) is 0 Å². The van der Waals surface area contributed by atoms with Gasteiger partial charge in [-0.2, -0.15) is 0 Å². The van der Waals surface area contributed by atoms with Crippen molar-refractivity contribution in [2.45, 2.75) is 18.9 Å². The zero-order valence-electron chi connectivity index (χ0n) is 13.6. The summed E-state index contributed by atoms with van der Waals surface area (Å²) in [6.07, 6.45) is -0.456. The van der Waals surface area contributed by atoms with E-state index in [4.69, 9.17) is 16.3 Å². The van der Waals surface area contributed by atoms with E-state index >= 15 is 0 Å². The molecule has 0 saturated carbocycles. The van der Waals surface area contributed by atoms with Gasteiger partial charge in [0.2, 0.25) is 0 Å². The molecule has 0 spiro atoms. The molecule has 1 aromatic heterocycles. The van der Waals surface area contributed by atoms with E-state index in [0.29, 0.717) is 27.1 Å². The summed E-state index contributed by atoms with van der Waals surface area (Å²) in [5.74, 6) is -1.16. The van der Waals surface area contributed by atoms with Crippen LogP contribution < -0.4 is 9.64 Å². The second kappa shape index (κ2) is 5.96. The normalized spacial score (nSPS) is 19.3. The highest BCUT2D eigenvalue weighted by atomic mass is 35.5. The molecule has 0 radical (unpaired) electrons. The van der Waals surface area contributed by atoms with Crippen molar-refractivity contribution >= 4 is 55.8 Å². The van der Waals surface area contributed by atoms with Gasteiger partial charge in [-0.3, -0.25) is 9.59 Å². The quantitative estimate of drug-likeness (QED) is 0.725. The minimum Gasteiger partial charge on any atom is -0.481 e. The highest BCUT2D eigenvalue weighted by Crippen LogP contribution is 2.45. The molecule has 2 heterocycles. The number of nitrogens with zero attached hydrogens (tertiary/aromatic N) is 2. The summed E-state index contributed by atoms with van der Waals surface area (Å²) in [5.41, 5.74) is -0.400. The maximum atomic E-state index is 13.2. The van der Waals surface area contributed by atoms with E-state index in [0.717, 1.165) is 4.70 Å². The predicted molar refractivity (Wildman–Crippen MR) is 99.5 cm³/mol. The number of aromatic nitrogens is 1. The second-order valence-electron chi connectivity index (χ2n) is 6.09. The number of aliphatic carboxylic acids is 1. The minimum absolute atomic E-state index is 0.422. The summed E-state index contributed by atoms with van der Waals surface area (Å²) < 4.78 is 6.61. The van der Waals surface area contributed by atoms with Gasteiger partial charge >= 0.3 is 5.97 Å². The van der Waals surface area contributed by atoms with Gasteiger partial charge in [0.25, 0.3) is 5.91 Å². The number of thiazole rings is 1. The average Bonchev–Trinajstić information content (AvgIpc) is 3.00. The minimum atomic E-state index is -1.53. The molecule has 1 aliphatic rings. The number of anilines is 2. The third kappa shape index (κ3) is 2.60. The number of carboxylic acid groups (broad SMARTS) is 1. The molecule has 1 atom stereocenters. The fraction of sp³-hybridized carbons (Fsp3) is 0.167. The number of hydrogen-bond donors (Lipinski definition) is 1. The molecular weight excluding hydrogens is 376 g/mol. The molecule has 1 amide bonds. The summed E-state index contributed by atoms with van der Waals surface area (Å²) >= 11 is 7.52. The van der Waals surface area contributed by atoms with Crippen LogP contribution >= 0.6 is 22.9 Å². The molecule has 0 fully saturated rings. The van der Waals surface area contributed by atoms with E-state index in [1.807, 2.05) is 12.1 Å². The van der Waals surface area contributed by atoms with Crippen LogP contribution in [0.25, 0.3) is 10.2 Å². The summed E-state index contributed by atoms with van der Waals surface area (Å²) in [7, 11) is 0. The number of halogens is 1. The second-order valence-corrected chi connectivity index (χ2v) is 7.51. The Hall–Kier alpha value is -2.64. The van der Waals surface area contributed by atoms with Crippen molar-refractivity contribution in [3.05, 3.63) is 47.5 Å². The lowest BCUT2D eigenvalue weighted by Crippen LogP contribution is -2.53. The van der Waals surface area contributed by atoms with Crippen LogP contribution in [0, 0.1) is 0 Å². The summed E-state index contributed by atoms with van der Waals surface area (Å²) in [4.78, 5) is 30.4. The van der Waals surface area contributed by atoms with Crippen LogP contribution in [0.2, 0.25) is 5.02 Å². The smallest absolute Gasteiger partial charge is 0.307 e. The van der Waals surface area contributed by atoms with Crippen LogP contribution in [0.5, 0.6) is 5.75 Å². The van der Waals surface area contributed by atoms with Crippen LogP contribution in [0.4, 0.5) is 10.8 Å². The van der Waals surface area contributed by atoms with Crippen molar-refractivity contribution in [3.8, 4) is 5.75 Å². The lowest BCUT2D eigenvalue weighted by Gasteiger charge is -2.38. The summed E-state index contributed by atoms with van der Waals surface area (Å²) in [6, 6.07) is 12.4. The standard InChI is InChI=1S/C18H13ClN2O4S/c1-18(9-14(22)23)16(24)21(11-6-2-3-7-12(11)25-18)17-20-15-10(19)5-4-8-13(15)26-17/h2-8H,9H2,1H3,(H,22,23). The van der Waals surface area contributed by atoms with Gasteiger partial charge in [0, 0.05) is 0 Å². The van der Waals surface area contributed by atoms with Gasteiger partial charge < -0.3 is 9.84 Å². The van der Waals surface area contributed by atoms with Crippen molar-refractivity contribution < 1.29 is 19.4 Å². The monoisotopic (exact) mass is 388 g/mol. The first-order chi connectivity index (χ1) is 12.4. The molecule has 0 bridgehead atoms. The Bertz CT molecular complexity index is 1050. The van der Waals surface area contributed by atoms with Crippen molar-refractivity contribution in [2.24, 2.45) is 0 Å². The first-order valence-corrected chi connectivity index (χ1v) is 8.98. The SMILES string of the molecule is CC1(CC(=O)O)Oc2ccccc2N(c2nc3c(Cl)cccc3s2)C1=O. The van der Waals surface area contributed by atoms with Crippen LogP contribution in [0.3, 0.4) is 0 Å². The highest BCUT2D eigenvalue weighted by molar-refractivity contribution is 7.22. The van der Waals surface area contributed by atoms with Crippen molar-refractivity contribution in [1.82, 2.24) is 4.98 Å². The first-order valence-electron chi connectivity index (χ1n) is 7.78. The first kappa shape index (κ1) is 16.8. The molecule has 2 aromatic carbocycles. The highest BCUT2D eigenvalue weighted by Gasteiger charge is 2.47. The molecular formula is C18H13ClN2O4S. The fourth-order valence-corrected chi connectivity index (χ4v) is 4.23. The van der Waals surface area contributed by atoms with E-state index in [2.05, 4.69) is 4.98 Å². The zero-order valence-corrected chi connectivity index (χ0v) is 15.2. The lowest BCUT2D eigenvalue weighted by atomic mass is 9.97. The number of rotatable bonds is 3. The van der Waals surface area contributed by atoms with Gasteiger partial charge in [0.1, 0.15) is 11.3 Å². The third-order valence-corrected chi connectivity index (χ3v) is 5.45. The van der Waals surface area contributed by atoms with E-state index in [1.54, 1.807) is 30.3 Å². The molecule has 1 unspecified atom stereocenters. The molecule has 6 nitrogen and oxygen atoms in total. The van der Waals surface area contributed by atoms with Crippen LogP contribution in [-0.4, -0.2) is 27.6 Å². The Kier molecular flexibility index (Phi) is 3.86. The molecule has 3 aromatic rings. The Labute approximate surface area is 157 Å². The number of amides is 1. The van der Waals surface area contributed by atoms with Crippen LogP contribution in [-0.2, 0) is 9.59 Å². The summed E-state index contributed by atoms with van der Waals surface area (Å²) in [6.45, 7) is 1.48. The van der Waals surface area contributed by atoms with E-state index in [9.17, 15) is 14.7 Å². The Morgan fingerprint density at radius 3 is 2.81 bits per heavy atom. The number of carbonyl (C=O) groups excluding carboxylic acids is 1. The molecule has 0 saturated heterocycles. The van der Waals surface area contributed by atoms with Crippen molar-refractivity contribution in [2.75, 3.05) is 4.90 Å². The average molecular weight is 389 g/mol. The summed E-state index contributed by atoms with van der Waals surface area (Å²) in [5, 5.41) is 10.1. The van der Waals surface area contributed by atoms with Crippen molar-refractivity contribution in [3.63, 3.8) is 0 Å². The Morgan fingerprint density at radius 2 is 2.08 bits per heavy atom. The van der Waals surface area contributed by atoms with Crippen LogP contribution in [0.15, 0.2) is 42.5 Å². The van der Waals surface area contributed by atoms with Gasteiger partial charge in [-0.1, -0.05) is 41.1 Å². The largest absolute Gasteiger partial charge is 0.481 e. The van der Waals surface area contributed by atoms with Gasteiger partial charge in [-0.15, -0.1) is 0 Å². The maximum Gasteiger partial charge on any atom is 0.307 e. The number of benzene rings is 2. The molecule has 1 aliphatic heterocycles. The number of carboxylic acids is 1. The molecule has 4 rings (SSSR count). The third-order valence-electron chi connectivity index (χ3n) is 4.14.